The molecule has 128 valence electrons. The van der Waals surface area contributed by atoms with Crippen LogP contribution in [0.4, 0.5) is 5.00 Å². The number of nitrogens with one attached hydrogen (secondary N) is 1. The van der Waals surface area contributed by atoms with E-state index >= 15 is 0 Å². The Morgan fingerprint density at radius 3 is 2.50 bits per heavy atom. The minimum absolute atomic E-state index is 0.116. The molecule has 0 unspecified atom stereocenters. The number of rotatable bonds is 6. The molecule has 0 fully saturated rings. The van der Waals surface area contributed by atoms with Gasteiger partial charge in [0.25, 0.3) is 0 Å². The SMILES string of the molecule is COC(=O)c1cc(C)sc1NC(=O)Cc1ccc(OC)cc1OC. The van der Waals surface area contributed by atoms with Gasteiger partial charge in [0.05, 0.1) is 33.3 Å². The number of thiophene rings is 1. The number of methoxy groups -OCH3 is 3. The molecule has 1 amide bonds. The quantitative estimate of drug-likeness (QED) is 0.812. The molecule has 0 saturated heterocycles. The van der Waals surface area contributed by atoms with Gasteiger partial charge in [-0.2, -0.15) is 0 Å². The topological polar surface area (TPSA) is 73.9 Å². The van der Waals surface area contributed by atoms with E-state index < -0.39 is 5.97 Å². The second kappa shape index (κ2) is 7.83. The van der Waals surface area contributed by atoms with Crippen molar-refractivity contribution in [2.45, 2.75) is 13.3 Å². The summed E-state index contributed by atoms with van der Waals surface area (Å²) in [7, 11) is 4.41. The molecule has 1 aromatic carbocycles. The molecule has 0 saturated carbocycles. The van der Waals surface area contributed by atoms with Crippen LogP contribution < -0.4 is 14.8 Å². The first kappa shape index (κ1) is 17.8. The number of hydrogen-bond donors (Lipinski definition) is 1. The summed E-state index contributed by atoms with van der Waals surface area (Å²) in [5.74, 6) is 0.500. The number of amides is 1. The zero-order valence-electron chi connectivity index (χ0n) is 14.0. The van der Waals surface area contributed by atoms with E-state index in [1.807, 2.05) is 6.92 Å². The predicted molar refractivity (Wildman–Crippen MR) is 92.3 cm³/mol. The third kappa shape index (κ3) is 4.05. The highest BCUT2D eigenvalue weighted by molar-refractivity contribution is 7.16. The molecule has 2 rings (SSSR count). The van der Waals surface area contributed by atoms with Crippen LogP contribution in [0.5, 0.6) is 11.5 Å². The lowest BCUT2D eigenvalue weighted by Crippen LogP contribution is -2.16. The molecule has 7 heteroatoms. The van der Waals surface area contributed by atoms with Crippen molar-refractivity contribution in [1.82, 2.24) is 0 Å². The van der Waals surface area contributed by atoms with Crippen molar-refractivity contribution in [2.24, 2.45) is 0 Å². The zero-order valence-corrected chi connectivity index (χ0v) is 14.8. The van der Waals surface area contributed by atoms with Crippen molar-refractivity contribution in [3.05, 3.63) is 40.3 Å². The average Bonchev–Trinajstić information content (AvgIpc) is 2.94. The van der Waals surface area contributed by atoms with Crippen molar-refractivity contribution < 1.29 is 23.8 Å². The molecule has 0 aliphatic heterocycles. The standard InChI is InChI=1S/C17H19NO5S/c1-10-7-13(17(20)23-4)16(24-10)18-15(19)8-11-5-6-12(21-2)9-14(11)22-3/h5-7,9H,8H2,1-4H3,(H,18,19). The number of carbonyl (C=O) groups is 2. The predicted octanol–water partition coefficient (Wildman–Crippen LogP) is 3.04. The molecule has 24 heavy (non-hydrogen) atoms. The highest BCUT2D eigenvalue weighted by atomic mass is 32.1. The van der Waals surface area contributed by atoms with Gasteiger partial charge in [-0.15, -0.1) is 11.3 Å². The summed E-state index contributed by atoms with van der Waals surface area (Å²) in [4.78, 5) is 25.0. The minimum Gasteiger partial charge on any atom is -0.497 e. The smallest absolute Gasteiger partial charge is 0.340 e. The number of ether oxygens (including phenoxy) is 3. The Morgan fingerprint density at radius 1 is 1.12 bits per heavy atom. The van der Waals surface area contributed by atoms with E-state index in [-0.39, 0.29) is 12.3 Å². The van der Waals surface area contributed by atoms with Gasteiger partial charge in [0.15, 0.2) is 0 Å². The molecule has 6 nitrogen and oxygen atoms in total. The third-order valence-electron chi connectivity index (χ3n) is 3.36. The number of benzene rings is 1. The number of esters is 1. The highest BCUT2D eigenvalue weighted by Gasteiger charge is 2.18. The van der Waals surface area contributed by atoms with Crippen molar-refractivity contribution in [2.75, 3.05) is 26.6 Å². The molecule has 0 radical (unpaired) electrons. The maximum Gasteiger partial charge on any atom is 0.340 e. The monoisotopic (exact) mass is 349 g/mol. The molecule has 0 aliphatic rings. The van der Waals surface area contributed by atoms with Crippen LogP contribution in [-0.4, -0.2) is 33.2 Å². The lowest BCUT2D eigenvalue weighted by molar-refractivity contribution is -0.115. The van der Waals surface area contributed by atoms with Gasteiger partial charge in [0.1, 0.15) is 16.5 Å². The molecular formula is C17H19NO5S. The fraction of sp³-hybridized carbons (Fsp3) is 0.294. The van der Waals surface area contributed by atoms with Crippen LogP contribution in [0.2, 0.25) is 0 Å². The Labute approximate surface area is 144 Å². The molecule has 1 heterocycles. The number of hydrogen-bond acceptors (Lipinski definition) is 6. The summed E-state index contributed by atoms with van der Waals surface area (Å²) in [5, 5.41) is 3.25. The van der Waals surface area contributed by atoms with E-state index in [0.717, 1.165) is 10.4 Å². The van der Waals surface area contributed by atoms with Crippen LogP contribution >= 0.6 is 11.3 Å². The van der Waals surface area contributed by atoms with Gasteiger partial charge >= 0.3 is 5.97 Å². The van der Waals surface area contributed by atoms with Crippen LogP contribution in [0, 0.1) is 6.92 Å². The van der Waals surface area contributed by atoms with Crippen molar-refractivity contribution in [1.29, 1.82) is 0 Å². The molecule has 0 aliphatic carbocycles. The minimum atomic E-state index is -0.475. The van der Waals surface area contributed by atoms with Gasteiger partial charge in [0.2, 0.25) is 5.91 Å². The van der Waals surface area contributed by atoms with E-state index in [9.17, 15) is 9.59 Å². The Kier molecular flexibility index (Phi) is 5.81. The molecule has 0 atom stereocenters. The third-order valence-corrected chi connectivity index (χ3v) is 4.32. The molecule has 1 N–H and O–H groups in total. The van der Waals surface area contributed by atoms with Crippen LogP contribution in [0.1, 0.15) is 20.8 Å². The van der Waals surface area contributed by atoms with Crippen molar-refractivity contribution >= 4 is 28.2 Å². The van der Waals surface area contributed by atoms with Gasteiger partial charge in [-0.05, 0) is 19.1 Å². The second-order valence-electron chi connectivity index (χ2n) is 4.99. The Bertz CT molecular complexity index is 753. The summed E-state index contributed by atoms with van der Waals surface area (Å²) in [6.45, 7) is 1.86. The first-order chi connectivity index (χ1) is 11.5. The van der Waals surface area contributed by atoms with Gasteiger partial charge in [-0.25, -0.2) is 4.79 Å². The Balaban J connectivity index is 2.16. The summed E-state index contributed by atoms with van der Waals surface area (Å²) in [5.41, 5.74) is 1.08. The summed E-state index contributed by atoms with van der Waals surface area (Å²) in [6.07, 6.45) is 0.116. The summed E-state index contributed by atoms with van der Waals surface area (Å²) >= 11 is 1.33. The van der Waals surface area contributed by atoms with Gasteiger partial charge in [0, 0.05) is 16.5 Å². The van der Waals surface area contributed by atoms with Crippen LogP contribution in [0.3, 0.4) is 0 Å². The maximum absolute atomic E-state index is 12.3. The largest absolute Gasteiger partial charge is 0.497 e. The van der Waals surface area contributed by atoms with E-state index in [2.05, 4.69) is 5.32 Å². The highest BCUT2D eigenvalue weighted by Crippen LogP contribution is 2.29. The summed E-state index contributed by atoms with van der Waals surface area (Å²) in [6, 6.07) is 6.95. The Hall–Kier alpha value is -2.54. The second-order valence-corrected chi connectivity index (χ2v) is 6.25. The molecule has 2 aromatic rings. The van der Waals surface area contributed by atoms with Gasteiger partial charge < -0.3 is 19.5 Å². The first-order valence-electron chi connectivity index (χ1n) is 7.18. The molecule has 0 bridgehead atoms. The van der Waals surface area contributed by atoms with E-state index in [1.54, 1.807) is 31.4 Å². The normalized spacial score (nSPS) is 10.2. The molecular weight excluding hydrogens is 330 g/mol. The fourth-order valence-corrected chi connectivity index (χ4v) is 3.13. The average molecular weight is 349 g/mol. The van der Waals surface area contributed by atoms with Crippen LogP contribution in [0.25, 0.3) is 0 Å². The van der Waals surface area contributed by atoms with Crippen LogP contribution in [0.15, 0.2) is 24.3 Å². The van der Waals surface area contributed by atoms with Gasteiger partial charge in [-0.1, -0.05) is 6.07 Å². The van der Waals surface area contributed by atoms with Crippen LogP contribution in [-0.2, 0) is 16.0 Å². The summed E-state index contributed by atoms with van der Waals surface area (Å²) < 4.78 is 15.2. The van der Waals surface area contributed by atoms with E-state index in [0.29, 0.717) is 22.1 Å². The number of carbonyl (C=O) groups excluding carboxylic acids is 2. The molecule has 0 spiro atoms. The van der Waals surface area contributed by atoms with Crippen molar-refractivity contribution in [3.63, 3.8) is 0 Å². The lowest BCUT2D eigenvalue weighted by Gasteiger charge is -2.10. The number of anilines is 1. The fourth-order valence-electron chi connectivity index (χ4n) is 2.21. The van der Waals surface area contributed by atoms with Gasteiger partial charge in [-0.3, -0.25) is 4.79 Å². The van der Waals surface area contributed by atoms with Crippen molar-refractivity contribution in [3.8, 4) is 11.5 Å². The Morgan fingerprint density at radius 2 is 1.88 bits per heavy atom. The first-order valence-corrected chi connectivity index (χ1v) is 7.99. The zero-order chi connectivity index (χ0) is 17.7. The van der Waals surface area contributed by atoms with E-state index in [1.165, 1.54) is 25.6 Å². The maximum atomic E-state index is 12.3. The lowest BCUT2D eigenvalue weighted by atomic mass is 10.1. The molecule has 1 aromatic heterocycles. The van der Waals surface area contributed by atoms with E-state index in [4.69, 9.17) is 14.2 Å². The number of aryl methyl sites for hydroxylation is 1.